The number of nitro benzene ring substituents is 1. The summed E-state index contributed by atoms with van der Waals surface area (Å²) in [4.78, 5) is 10.2. The number of anilines is 2. The lowest BCUT2D eigenvalue weighted by Gasteiger charge is -2.22. The molecule has 1 aliphatic carbocycles. The van der Waals surface area contributed by atoms with E-state index in [4.69, 9.17) is 5.41 Å². The number of aromatic nitrogens is 1. The van der Waals surface area contributed by atoms with E-state index < -0.39 is 4.92 Å². The van der Waals surface area contributed by atoms with E-state index in [2.05, 4.69) is 15.0 Å². The van der Waals surface area contributed by atoms with Crippen molar-refractivity contribution in [3.8, 4) is 11.6 Å². The molecule has 1 aromatic heterocycles. The fourth-order valence-electron chi connectivity index (χ4n) is 3.18. The topological polar surface area (TPSA) is 144 Å². The molecule has 144 valence electrons. The highest BCUT2D eigenvalue weighted by atomic mass is 32.1. The largest absolute Gasteiger partial charge is 0.506 e. The standard InChI is InChI=1S/C17H21N5O4S/c18-15(19-9-10-4-2-1-3-5-10)14-16(24)21-27-17(14)20-12-7-6-11(22(25)26)8-13(12)23/h6-8,10,20,23H,1-5,9H2,(H2,18,19)(H,21,24). The molecular weight excluding hydrogens is 370 g/mol. The van der Waals surface area contributed by atoms with Gasteiger partial charge in [-0.2, -0.15) is 4.37 Å². The van der Waals surface area contributed by atoms with Gasteiger partial charge in [0.25, 0.3) is 5.69 Å². The van der Waals surface area contributed by atoms with E-state index in [1.54, 1.807) is 0 Å². The van der Waals surface area contributed by atoms with Gasteiger partial charge in [-0.15, -0.1) is 0 Å². The maximum Gasteiger partial charge on any atom is 0.273 e. The van der Waals surface area contributed by atoms with Crippen LogP contribution in [0.15, 0.2) is 18.2 Å². The lowest BCUT2D eigenvalue weighted by molar-refractivity contribution is -0.384. The number of aromatic hydroxyl groups is 2. The minimum absolute atomic E-state index is 0.0516. The van der Waals surface area contributed by atoms with Crippen molar-refractivity contribution < 1.29 is 15.1 Å². The quantitative estimate of drug-likeness (QED) is 0.166. The van der Waals surface area contributed by atoms with Crippen molar-refractivity contribution in [2.75, 3.05) is 11.9 Å². The van der Waals surface area contributed by atoms with Crippen LogP contribution in [0.3, 0.4) is 0 Å². The predicted molar refractivity (Wildman–Crippen MR) is 103 cm³/mol. The highest BCUT2D eigenvalue weighted by Crippen LogP contribution is 2.36. The normalized spacial score (nSPS) is 14.7. The molecule has 5 N–H and O–H groups in total. The average molecular weight is 391 g/mol. The Morgan fingerprint density at radius 1 is 1.33 bits per heavy atom. The zero-order valence-corrected chi connectivity index (χ0v) is 15.4. The average Bonchev–Trinajstić information content (AvgIpc) is 3.02. The second-order valence-electron chi connectivity index (χ2n) is 6.55. The van der Waals surface area contributed by atoms with Crippen LogP contribution in [0.2, 0.25) is 0 Å². The fraction of sp³-hybridized carbons (Fsp3) is 0.412. The molecule has 0 aliphatic heterocycles. The summed E-state index contributed by atoms with van der Waals surface area (Å²) in [7, 11) is 0. The van der Waals surface area contributed by atoms with Crippen LogP contribution in [0, 0.1) is 21.4 Å². The molecule has 1 saturated carbocycles. The lowest BCUT2D eigenvalue weighted by atomic mass is 9.89. The molecule has 0 atom stereocenters. The van der Waals surface area contributed by atoms with E-state index >= 15 is 0 Å². The van der Waals surface area contributed by atoms with Crippen LogP contribution in [0.4, 0.5) is 16.4 Å². The number of hydrogen-bond donors (Lipinski definition) is 5. The summed E-state index contributed by atoms with van der Waals surface area (Å²) in [5.41, 5.74) is 0.214. The van der Waals surface area contributed by atoms with Crippen LogP contribution in [0.25, 0.3) is 0 Å². The zero-order valence-electron chi connectivity index (χ0n) is 14.6. The smallest absolute Gasteiger partial charge is 0.273 e. The molecule has 0 unspecified atom stereocenters. The van der Waals surface area contributed by atoms with Gasteiger partial charge in [-0.1, -0.05) is 19.3 Å². The van der Waals surface area contributed by atoms with Crippen LogP contribution in [0.1, 0.15) is 37.7 Å². The summed E-state index contributed by atoms with van der Waals surface area (Å²) in [5.74, 6) is -0.00605. The summed E-state index contributed by atoms with van der Waals surface area (Å²) >= 11 is 0.943. The third-order valence-electron chi connectivity index (χ3n) is 4.66. The third kappa shape index (κ3) is 4.45. The number of phenolic OH excluding ortho intramolecular Hbond substituents is 1. The molecular formula is C17H21N5O4S. The first-order valence-electron chi connectivity index (χ1n) is 8.71. The number of phenols is 1. The molecule has 0 spiro atoms. The van der Waals surface area contributed by atoms with Gasteiger partial charge in [0.15, 0.2) is 0 Å². The van der Waals surface area contributed by atoms with Crippen LogP contribution in [-0.2, 0) is 0 Å². The Morgan fingerprint density at radius 3 is 2.74 bits per heavy atom. The Kier molecular flexibility index (Phi) is 5.75. The Labute approximate surface area is 159 Å². The molecule has 2 aromatic rings. The number of nitro groups is 1. The van der Waals surface area contributed by atoms with Gasteiger partial charge in [0.05, 0.1) is 16.7 Å². The van der Waals surface area contributed by atoms with Crippen molar-refractivity contribution in [3.63, 3.8) is 0 Å². The number of non-ortho nitro benzene ring substituents is 1. The van der Waals surface area contributed by atoms with E-state index in [-0.39, 0.29) is 34.4 Å². The Morgan fingerprint density at radius 2 is 2.07 bits per heavy atom. The van der Waals surface area contributed by atoms with Crippen molar-refractivity contribution in [2.45, 2.75) is 32.1 Å². The molecule has 1 fully saturated rings. The molecule has 0 amide bonds. The number of benzene rings is 1. The first-order valence-corrected chi connectivity index (χ1v) is 9.49. The van der Waals surface area contributed by atoms with Gasteiger partial charge >= 0.3 is 0 Å². The summed E-state index contributed by atoms with van der Waals surface area (Å²) in [6.45, 7) is 0.663. The molecule has 0 radical (unpaired) electrons. The number of amidine groups is 1. The summed E-state index contributed by atoms with van der Waals surface area (Å²) in [5, 5.41) is 45.4. The van der Waals surface area contributed by atoms with Crippen molar-refractivity contribution in [2.24, 2.45) is 5.92 Å². The van der Waals surface area contributed by atoms with E-state index in [9.17, 15) is 20.3 Å². The van der Waals surface area contributed by atoms with Crippen LogP contribution in [0.5, 0.6) is 11.6 Å². The van der Waals surface area contributed by atoms with Gasteiger partial charge in [0.1, 0.15) is 22.1 Å². The first-order chi connectivity index (χ1) is 13.0. The molecule has 1 heterocycles. The molecule has 10 heteroatoms. The number of nitrogens with one attached hydrogen (secondary N) is 3. The Bertz CT molecular complexity index is 848. The molecule has 0 saturated heterocycles. The van der Waals surface area contributed by atoms with Crippen molar-refractivity contribution in [1.29, 1.82) is 5.41 Å². The van der Waals surface area contributed by atoms with E-state index in [0.29, 0.717) is 17.5 Å². The van der Waals surface area contributed by atoms with Gasteiger partial charge in [-0.25, -0.2) is 0 Å². The summed E-state index contributed by atoms with van der Waals surface area (Å²) in [6.07, 6.45) is 5.94. The van der Waals surface area contributed by atoms with Gasteiger partial charge in [-0.3, -0.25) is 15.5 Å². The van der Waals surface area contributed by atoms with Crippen molar-refractivity contribution in [3.05, 3.63) is 33.9 Å². The molecule has 1 aromatic carbocycles. The van der Waals surface area contributed by atoms with Gasteiger partial charge in [0, 0.05) is 12.6 Å². The maximum absolute atomic E-state index is 10.8. The zero-order chi connectivity index (χ0) is 19.4. The highest BCUT2D eigenvalue weighted by Gasteiger charge is 2.21. The van der Waals surface area contributed by atoms with Crippen LogP contribution >= 0.6 is 11.5 Å². The van der Waals surface area contributed by atoms with Gasteiger partial charge in [-0.05, 0) is 36.4 Å². The van der Waals surface area contributed by atoms with Crippen molar-refractivity contribution >= 4 is 33.7 Å². The van der Waals surface area contributed by atoms with Gasteiger partial charge < -0.3 is 20.8 Å². The molecule has 27 heavy (non-hydrogen) atoms. The lowest BCUT2D eigenvalue weighted by Crippen LogP contribution is -2.30. The minimum atomic E-state index is -0.599. The van der Waals surface area contributed by atoms with Gasteiger partial charge in [0.2, 0.25) is 5.88 Å². The summed E-state index contributed by atoms with van der Waals surface area (Å²) in [6, 6.07) is 3.66. The van der Waals surface area contributed by atoms with Crippen LogP contribution in [-0.4, -0.2) is 31.9 Å². The predicted octanol–water partition coefficient (Wildman–Crippen LogP) is 3.70. The molecule has 0 bridgehead atoms. The minimum Gasteiger partial charge on any atom is -0.506 e. The first kappa shape index (κ1) is 18.9. The SMILES string of the molecule is N=C(NCC1CCCCC1)c1c(O)nsc1Nc1ccc([N+](=O)[O-])cc1O. The fourth-order valence-corrected chi connectivity index (χ4v) is 3.89. The number of hydrogen-bond acceptors (Lipinski definition) is 8. The Hall–Kier alpha value is -2.88. The molecule has 3 rings (SSSR count). The van der Waals surface area contributed by atoms with Crippen LogP contribution < -0.4 is 10.6 Å². The van der Waals surface area contributed by atoms with Crippen molar-refractivity contribution in [1.82, 2.24) is 9.69 Å². The van der Waals surface area contributed by atoms with E-state index in [1.165, 1.54) is 31.4 Å². The second kappa shape index (κ2) is 8.21. The van der Waals surface area contributed by atoms with E-state index in [0.717, 1.165) is 30.4 Å². The Balaban J connectivity index is 1.72. The maximum atomic E-state index is 10.8. The van der Waals surface area contributed by atoms with E-state index in [1.807, 2.05) is 0 Å². The molecule has 1 aliphatic rings. The summed E-state index contributed by atoms with van der Waals surface area (Å²) < 4.78 is 3.87. The molecule has 9 nitrogen and oxygen atoms in total. The monoisotopic (exact) mass is 391 g/mol. The number of rotatable bonds is 6. The number of nitrogens with zero attached hydrogens (tertiary/aromatic N) is 2. The third-order valence-corrected chi connectivity index (χ3v) is 5.41. The highest BCUT2D eigenvalue weighted by molar-refractivity contribution is 7.11. The second-order valence-corrected chi connectivity index (χ2v) is 7.33.